The molecular weight excluding hydrogens is 370 g/mol. The summed E-state index contributed by atoms with van der Waals surface area (Å²) in [6, 6.07) is 15.4. The van der Waals surface area contributed by atoms with E-state index in [0.29, 0.717) is 41.8 Å². The number of hydrogen-bond acceptors (Lipinski definition) is 6. The number of rotatable bonds is 5. The maximum atomic E-state index is 12.6. The van der Waals surface area contributed by atoms with Crippen LogP contribution in [0.1, 0.15) is 36.7 Å². The first-order valence-corrected chi connectivity index (χ1v) is 9.46. The number of nitrogens with one attached hydrogen (secondary N) is 1. The van der Waals surface area contributed by atoms with Crippen molar-refractivity contribution in [3.63, 3.8) is 0 Å². The zero-order chi connectivity index (χ0) is 19.8. The van der Waals surface area contributed by atoms with E-state index in [-0.39, 0.29) is 17.9 Å². The lowest BCUT2D eigenvalue weighted by Crippen LogP contribution is -2.28. The summed E-state index contributed by atoms with van der Waals surface area (Å²) in [5.41, 5.74) is 2.37. The molecule has 1 N–H and O–H groups in total. The lowest BCUT2D eigenvalue weighted by molar-refractivity contribution is -0.129. The Morgan fingerprint density at radius 1 is 1.21 bits per heavy atom. The summed E-state index contributed by atoms with van der Waals surface area (Å²) in [5.74, 6) is 1.52. The molecule has 2 unspecified atom stereocenters. The Kier molecular flexibility index (Phi) is 4.23. The van der Waals surface area contributed by atoms with Crippen LogP contribution in [0.15, 0.2) is 63.7 Å². The molecule has 1 aliphatic rings. The van der Waals surface area contributed by atoms with Crippen LogP contribution in [-0.2, 0) is 4.79 Å². The fraction of sp³-hybridized carbons (Fsp3) is 0.238. The number of aromatic nitrogens is 4. The summed E-state index contributed by atoms with van der Waals surface area (Å²) in [6.45, 7) is 2.60. The summed E-state index contributed by atoms with van der Waals surface area (Å²) in [4.78, 5) is 19.0. The van der Waals surface area contributed by atoms with Crippen LogP contribution in [0.2, 0.25) is 0 Å². The molecule has 3 aromatic heterocycles. The van der Waals surface area contributed by atoms with Crippen molar-refractivity contribution < 1.29 is 13.7 Å². The second-order valence-corrected chi connectivity index (χ2v) is 7.14. The van der Waals surface area contributed by atoms with E-state index in [1.165, 1.54) is 0 Å². The van der Waals surface area contributed by atoms with Crippen LogP contribution in [0.5, 0.6) is 0 Å². The van der Waals surface area contributed by atoms with Gasteiger partial charge in [-0.3, -0.25) is 9.89 Å². The van der Waals surface area contributed by atoms with Gasteiger partial charge in [-0.2, -0.15) is 10.1 Å². The molecular formula is C21H19N5O3. The molecule has 29 heavy (non-hydrogen) atoms. The van der Waals surface area contributed by atoms with Gasteiger partial charge in [-0.1, -0.05) is 35.5 Å². The number of nitrogens with zero attached hydrogens (tertiary/aromatic N) is 4. The maximum absolute atomic E-state index is 12.6. The SMILES string of the molecule is CC(c1ccccc1)N1CC(c2noc(-c3cc(-c4ccco4)n[nH]3)n2)CC1=O. The van der Waals surface area contributed by atoms with E-state index >= 15 is 0 Å². The minimum absolute atomic E-state index is 0.00327. The van der Waals surface area contributed by atoms with Gasteiger partial charge in [0.05, 0.1) is 12.3 Å². The van der Waals surface area contributed by atoms with E-state index < -0.39 is 0 Å². The lowest BCUT2D eigenvalue weighted by atomic mass is 10.1. The van der Waals surface area contributed by atoms with Gasteiger partial charge in [0.15, 0.2) is 11.6 Å². The third kappa shape index (κ3) is 3.22. The fourth-order valence-corrected chi connectivity index (χ4v) is 3.68. The molecule has 8 nitrogen and oxygen atoms in total. The van der Waals surface area contributed by atoms with Gasteiger partial charge in [0.25, 0.3) is 5.89 Å². The number of aromatic amines is 1. The third-order valence-electron chi connectivity index (χ3n) is 5.30. The minimum atomic E-state index is -0.0985. The molecule has 1 amide bonds. The Morgan fingerprint density at radius 2 is 2.07 bits per heavy atom. The summed E-state index contributed by atoms with van der Waals surface area (Å²) >= 11 is 0. The number of hydrogen-bond donors (Lipinski definition) is 1. The number of likely N-dealkylation sites (tertiary alicyclic amines) is 1. The van der Waals surface area contributed by atoms with Crippen molar-refractivity contribution in [3.8, 4) is 23.0 Å². The molecule has 2 atom stereocenters. The van der Waals surface area contributed by atoms with Crippen LogP contribution in [0.3, 0.4) is 0 Å². The first-order valence-electron chi connectivity index (χ1n) is 9.46. The Hall–Kier alpha value is -3.68. The molecule has 8 heteroatoms. The average molecular weight is 389 g/mol. The zero-order valence-electron chi connectivity index (χ0n) is 15.8. The van der Waals surface area contributed by atoms with Crippen molar-refractivity contribution in [2.45, 2.75) is 25.3 Å². The van der Waals surface area contributed by atoms with Crippen molar-refractivity contribution in [1.29, 1.82) is 0 Å². The summed E-state index contributed by atoms with van der Waals surface area (Å²) in [6.07, 6.45) is 1.96. The maximum Gasteiger partial charge on any atom is 0.275 e. The Labute approximate surface area is 166 Å². The van der Waals surface area contributed by atoms with Crippen LogP contribution in [0, 0.1) is 0 Å². The Bertz CT molecular complexity index is 1120. The standard InChI is InChI=1S/C21H19N5O3/c1-13(14-6-3-2-4-7-14)26-12-15(10-19(26)27)20-22-21(29-25-20)17-11-16(23-24-17)18-8-5-9-28-18/h2-9,11,13,15H,10,12H2,1H3,(H,23,24). The van der Waals surface area contributed by atoms with E-state index in [0.717, 1.165) is 5.56 Å². The first kappa shape index (κ1) is 17.4. The van der Waals surface area contributed by atoms with Gasteiger partial charge in [-0.15, -0.1) is 0 Å². The average Bonchev–Trinajstić information content (AvgIpc) is 3.53. The van der Waals surface area contributed by atoms with Crippen LogP contribution >= 0.6 is 0 Å². The van der Waals surface area contributed by atoms with Crippen molar-refractivity contribution >= 4 is 5.91 Å². The van der Waals surface area contributed by atoms with Gasteiger partial charge in [-0.25, -0.2) is 0 Å². The van der Waals surface area contributed by atoms with Gasteiger partial charge in [0.2, 0.25) is 5.91 Å². The third-order valence-corrected chi connectivity index (χ3v) is 5.30. The molecule has 0 bridgehead atoms. The predicted molar refractivity (Wildman–Crippen MR) is 104 cm³/mol. The lowest BCUT2D eigenvalue weighted by Gasteiger charge is -2.25. The van der Waals surface area contributed by atoms with Crippen LogP contribution < -0.4 is 0 Å². The number of amides is 1. The van der Waals surface area contributed by atoms with E-state index in [1.54, 1.807) is 18.4 Å². The second kappa shape index (κ2) is 7.05. The van der Waals surface area contributed by atoms with Crippen molar-refractivity contribution in [1.82, 2.24) is 25.2 Å². The molecule has 0 aliphatic carbocycles. The highest BCUT2D eigenvalue weighted by molar-refractivity contribution is 5.80. The second-order valence-electron chi connectivity index (χ2n) is 7.14. The number of benzene rings is 1. The van der Waals surface area contributed by atoms with E-state index in [1.807, 2.05) is 48.2 Å². The molecule has 4 heterocycles. The first-order chi connectivity index (χ1) is 14.2. The summed E-state index contributed by atoms with van der Waals surface area (Å²) in [5, 5.41) is 11.2. The Morgan fingerprint density at radius 3 is 2.86 bits per heavy atom. The normalized spacial score (nSPS) is 17.8. The van der Waals surface area contributed by atoms with Crippen molar-refractivity contribution in [3.05, 3.63) is 66.2 Å². The van der Waals surface area contributed by atoms with Crippen molar-refractivity contribution in [2.24, 2.45) is 0 Å². The molecule has 1 fully saturated rings. The number of carbonyl (C=O) groups excluding carboxylic acids is 1. The van der Waals surface area contributed by atoms with Crippen molar-refractivity contribution in [2.75, 3.05) is 6.54 Å². The highest BCUT2D eigenvalue weighted by Crippen LogP contribution is 2.33. The minimum Gasteiger partial charge on any atom is -0.463 e. The van der Waals surface area contributed by atoms with Gasteiger partial charge >= 0.3 is 0 Å². The van der Waals surface area contributed by atoms with Gasteiger partial charge in [0.1, 0.15) is 11.4 Å². The number of furan rings is 1. The molecule has 0 spiro atoms. The zero-order valence-corrected chi connectivity index (χ0v) is 15.8. The Balaban J connectivity index is 1.33. The molecule has 0 saturated carbocycles. The predicted octanol–water partition coefficient (Wildman–Crippen LogP) is 3.80. The van der Waals surface area contributed by atoms with Gasteiger partial charge < -0.3 is 13.8 Å². The largest absolute Gasteiger partial charge is 0.463 e. The molecule has 4 aromatic rings. The highest BCUT2D eigenvalue weighted by Gasteiger charge is 2.36. The monoisotopic (exact) mass is 389 g/mol. The van der Waals surface area contributed by atoms with E-state index in [4.69, 9.17) is 8.94 Å². The van der Waals surface area contributed by atoms with Crippen LogP contribution in [0.25, 0.3) is 23.0 Å². The van der Waals surface area contributed by atoms with Gasteiger partial charge in [-0.05, 0) is 24.6 Å². The van der Waals surface area contributed by atoms with Crippen LogP contribution in [-0.4, -0.2) is 37.7 Å². The van der Waals surface area contributed by atoms with E-state index in [2.05, 4.69) is 20.3 Å². The van der Waals surface area contributed by atoms with Crippen LogP contribution in [0.4, 0.5) is 0 Å². The quantitative estimate of drug-likeness (QED) is 0.557. The smallest absolute Gasteiger partial charge is 0.275 e. The molecule has 1 aromatic carbocycles. The molecule has 5 rings (SSSR count). The highest BCUT2D eigenvalue weighted by atomic mass is 16.5. The summed E-state index contributed by atoms with van der Waals surface area (Å²) < 4.78 is 10.8. The fourth-order valence-electron chi connectivity index (χ4n) is 3.68. The number of H-pyrrole nitrogens is 1. The van der Waals surface area contributed by atoms with E-state index in [9.17, 15) is 4.79 Å². The molecule has 146 valence electrons. The summed E-state index contributed by atoms with van der Waals surface area (Å²) in [7, 11) is 0. The number of carbonyl (C=O) groups is 1. The molecule has 1 saturated heterocycles. The van der Waals surface area contributed by atoms with Gasteiger partial charge in [0, 0.05) is 24.9 Å². The molecule has 1 aliphatic heterocycles. The topological polar surface area (TPSA) is 101 Å². The molecule has 0 radical (unpaired) electrons.